The first kappa shape index (κ1) is 17.3. The number of alkyl halides is 3. The van der Waals surface area contributed by atoms with Crippen LogP contribution >= 0.6 is 11.3 Å². The van der Waals surface area contributed by atoms with Crippen LogP contribution < -0.4 is 10.6 Å². The Morgan fingerprint density at radius 1 is 1.17 bits per heavy atom. The van der Waals surface area contributed by atoms with Gasteiger partial charge in [0.05, 0.1) is 18.7 Å². The molecule has 1 aromatic carbocycles. The summed E-state index contributed by atoms with van der Waals surface area (Å²) < 4.78 is 38.1. The lowest BCUT2D eigenvalue weighted by molar-refractivity contribution is -0.137. The fourth-order valence-corrected chi connectivity index (χ4v) is 2.59. The number of hydrogen-bond donors (Lipinski definition) is 2. The zero-order valence-electron chi connectivity index (χ0n) is 12.7. The van der Waals surface area contributed by atoms with Crippen molar-refractivity contribution < 1.29 is 13.2 Å². The Balaban J connectivity index is 2.02. The number of aliphatic imine (C=N–C) groups is 1. The molecule has 23 heavy (non-hydrogen) atoms. The molecule has 0 atom stereocenters. The zero-order chi connectivity index (χ0) is 16.7. The highest BCUT2D eigenvalue weighted by molar-refractivity contribution is 7.09. The maximum absolute atomic E-state index is 12.7. The first-order chi connectivity index (χ1) is 11.0. The first-order valence-electron chi connectivity index (χ1n) is 7.19. The number of thiophene rings is 1. The lowest BCUT2D eigenvalue weighted by Crippen LogP contribution is -2.36. The van der Waals surface area contributed by atoms with Gasteiger partial charge in [-0.1, -0.05) is 18.2 Å². The molecule has 0 saturated heterocycles. The summed E-state index contributed by atoms with van der Waals surface area (Å²) >= 11 is 1.63. The molecular weight excluding hydrogens is 323 g/mol. The third-order valence-electron chi connectivity index (χ3n) is 3.03. The fourth-order valence-electron chi connectivity index (χ4n) is 1.94. The zero-order valence-corrected chi connectivity index (χ0v) is 13.5. The van der Waals surface area contributed by atoms with Gasteiger partial charge in [-0.05, 0) is 36.1 Å². The Kier molecular flexibility index (Phi) is 6.04. The van der Waals surface area contributed by atoms with Crippen LogP contribution in [0.5, 0.6) is 0 Å². The van der Waals surface area contributed by atoms with E-state index in [2.05, 4.69) is 15.6 Å². The maximum Gasteiger partial charge on any atom is 0.416 e. The minimum Gasteiger partial charge on any atom is -0.357 e. The van der Waals surface area contributed by atoms with E-state index in [1.165, 1.54) is 6.07 Å². The highest BCUT2D eigenvalue weighted by Crippen LogP contribution is 2.29. The standard InChI is InChI=1S/C16H18F3N3S/c1-2-20-15(22-11-14-7-4-8-23-14)21-10-12-5-3-6-13(9-12)16(17,18)19/h3-9H,2,10-11H2,1H3,(H2,20,21,22). The Morgan fingerprint density at radius 3 is 2.65 bits per heavy atom. The van der Waals surface area contributed by atoms with Crippen LogP contribution in [0.15, 0.2) is 46.8 Å². The van der Waals surface area contributed by atoms with Gasteiger partial charge in [-0.25, -0.2) is 4.99 Å². The molecule has 0 aliphatic heterocycles. The minimum atomic E-state index is -4.33. The fraction of sp³-hybridized carbons (Fsp3) is 0.312. The van der Waals surface area contributed by atoms with Crippen LogP contribution in [0.2, 0.25) is 0 Å². The first-order valence-corrected chi connectivity index (χ1v) is 8.07. The highest BCUT2D eigenvalue weighted by Gasteiger charge is 2.30. The summed E-state index contributed by atoms with van der Waals surface area (Å²) in [4.78, 5) is 5.50. The molecule has 3 nitrogen and oxygen atoms in total. The molecule has 0 aliphatic carbocycles. The van der Waals surface area contributed by atoms with E-state index < -0.39 is 11.7 Å². The SMILES string of the molecule is CCNC(=NCc1cccc(C(F)(F)F)c1)NCc1cccs1. The molecule has 0 spiro atoms. The predicted molar refractivity (Wildman–Crippen MR) is 87.4 cm³/mol. The third-order valence-corrected chi connectivity index (χ3v) is 3.90. The smallest absolute Gasteiger partial charge is 0.357 e. The normalized spacial score (nSPS) is 12.3. The van der Waals surface area contributed by atoms with E-state index in [9.17, 15) is 13.2 Å². The average Bonchev–Trinajstić information content (AvgIpc) is 3.03. The molecule has 0 fully saturated rings. The van der Waals surface area contributed by atoms with Crippen LogP contribution in [0, 0.1) is 0 Å². The Hall–Kier alpha value is -2.02. The summed E-state index contributed by atoms with van der Waals surface area (Å²) in [6.07, 6.45) is -4.33. The minimum absolute atomic E-state index is 0.184. The van der Waals surface area contributed by atoms with Crippen molar-refractivity contribution in [3.05, 3.63) is 57.8 Å². The number of hydrogen-bond acceptors (Lipinski definition) is 2. The molecule has 0 radical (unpaired) electrons. The molecule has 0 amide bonds. The molecule has 2 rings (SSSR count). The van der Waals surface area contributed by atoms with E-state index >= 15 is 0 Å². The van der Waals surface area contributed by atoms with Crippen LogP contribution in [0.3, 0.4) is 0 Å². The van der Waals surface area contributed by atoms with Crippen molar-refractivity contribution in [1.29, 1.82) is 0 Å². The molecule has 124 valence electrons. The topological polar surface area (TPSA) is 36.4 Å². The van der Waals surface area contributed by atoms with Crippen LogP contribution in [0.25, 0.3) is 0 Å². The Morgan fingerprint density at radius 2 is 2.00 bits per heavy atom. The van der Waals surface area contributed by atoms with Crippen LogP contribution in [-0.4, -0.2) is 12.5 Å². The van der Waals surface area contributed by atoms with Gasteiger partial charge in [0.15, 0.2) is 5.96 Å². The van der Waals surface area contributed by atoms with Crippen molar-refractivity contribution in [3.63, 3.8) is 0 Å². The lowest BCUT2D eigenvalue weighted by Gasteiger charge is -2.11. The highest BCUT2D eigenvalue weighted by atomic mass is 32.1. The van der Waals surface area contributed by atoms with E-state index in [0.29, 0.717) is 24.6 Å². The predicted octanol–water partition coefficient (Wildman–Crippen LogP) is 4.02. The number of halogens is 3. The monoisotopic (exact) mass is 341 g/mol. The number of nitrogens with one attached hydrogen (secondary N) is 2. The summed E-state index contributed by atoms with van der Waals surface area (Å²) in [6, 6.07) is 9.21. The van der Waals surface area contributed by atoms with Gasteiger partial charge in [0, 0.05) is 11.4 Å². The van der Waals surface area contributed by atoms with Gasteiger partial charge < -0.3 is 10.6 Å². The van der Waals surface area contributed by atoms with Crippen molar-refractivity contribution in [3.8, 4) is 0 Å². The third kappa shape index (κ3) is 5.59. The van der Waals surface area contributed by atoms with E-state index in [-0.39, 0.29) is 6.54 Å². The molecule has 0 saturated carbocycles. The molecular formula is C16H18F3N3S. The van der Waals surface area contributed by atoms with Gasteiger partial charge in [-0.3, -0.25) is 0 Å². The number of guanidine groups is 1. The van der Waals surface area contributed by atoms with Gasteiger partial charge in [0.2, 0.25) is 0 Å². The van der Waals surface area contributed by atoms with Gasteiger partial charge in [0.25, 0.3) is 0 Å². The molecule has 2 N–H and O–H groups in total. The van der Waals surface area contributed by atoms with Crippen molar-refractivity contribution in [2.24, 2.45) is 4.99 Å². The molecule has 2 aromatic rings. The van der Waals surface area contributed by atoms with Crippen molar-refractivity contribution in [2.45, 2.75) is 26.2 Å². The van der Waals surface area contributed by atoms with Crippen molar-refractivity contribution >= 4 is 17.3 Å². The molecule has 0 bridgehead atoms. The summed E-state index contributed by atoms with van der Waals surface area (Å²) in [5, 5.41) is 8.24. The van der Waals surface area contributed by atoms with Gasteiger partial charge in [0.1, 0.15) is 0 Å². The maximum atomic E-state index is 12.7. The molecule has 1 aromatic heterocycles. The van der Waals surface area contributed by atoms with Gasteiger partial charge in [-0.15, -0.1) is 11.3 Å². The second kappa shape index (κ2) is 8.01. The molecule has 0 aliphatic rings. The number of benzene rings is 1. The van der Waals surface area contributed by atoms with Gasteiger partial charge in [-0.2, -0.15) is 13.2 Å². The summed E-state index contributed by atoms with van der Waals surface area (Å²) in [6.45, 7) is 3.43. The molecule has 1 heterocycles. The summed E-state index contributed by atoms with van der Waals surface area (Å²) in [7, 11) is 0. The van der Waals surface area contributed by atoms with Crippen LogP contribution in [-0.2, 0) is 19.3 Å². The number of rotatable bonds is 5. The average molecular weight is 341 g/mol. The van der Waals surface area contributed by atoms with E-state index in [4.69, 9.17) is 0 Å². The lowest BCUT2D eigenvalue weighted by atomic mass is 10.1. The summed E-state index contributed by atoms with van der Waals surface area (Å²) in [5.74, 6) is 0.582. The molecule has 7 heteroatoms. The number of nitrogens with zero attached hydrogens (tertiary/aromatic N) is 1. The Bertz CT molecular complexity index is 636. The van der Waals surface area contributed by atoms with Crippen LogP contribution in [0.4, 0.5) is 13.2 Å². The second-order valence-corrected chi connectivity index (χ2v) is 5.86. The largest absolute Gasteiger partial charge is 0.416 e. The van der Waals surface area contributed by atoms with Crippen molar-refractivity contribution in [2.75, 3.05) is 6.54 Å². The van der Waals surface area contributed by atoms with E-state index in [0.717, 1.165) is 17.0 Å². The quantitative estimate of drug-likeness (QED) is 0.636. The van der Waals surface area contributed by atoms with Gasteiger partial charge >= 0.3 is 6.18 Å². The Labute approximate surface area is 137 Å². The van der Waals surface area contributed by atoms with Crippen LogP contribution in [0.1, 0.15) is 22.9 Å². The molecule has 0 unspecified atom stereocenters. The van der Waals surface area contributed by atoms with E-state index in [1.54, 1.807) is 17.4 Å². The van der Waals surface area contributed by atoms with Crippen molar-refractivity contribution in [1.82, 2.24) is 10.6 Å². The van der Waals surface area contributed by atoms with E-state index in [1.807, 2.05) is 24.4 Å². The summed E-state index contributed by atoms with van der Waals surface area (Å²) in [5.41, 5.74) is -0.130. The second-order valence-electron chi connectivity index (χ2n) is 4.83.